The molecule has 0 bridgehead atoms. The van der Waals surface area contributed by atoms with Gasteiger partial charge in [0.1, 0.15) is 0 Å². The number of rotatable bonds is 14. The van der Waals surface area contributed by atoms with E-state index in [0.29, 0.717) is 38.9 Å². The first-order valence-corrected chi connectivity index (χ1v) is 9.06. The zero-order valence-corrected chi connectivity index (χ0v) is 17.7. The lowest BCUT2D eigenvalue weighted by atomic mass is 10.2. The topological polar surface area (TPSA) is 68.9 Å². The molecule has 0 aliphatic heterocycles. The minimum absolute atomic E-state index is 0. The highest BCUT2D eigenvalue weighted by atomic mass is 127. The maximum absolute atomic E-state index is 5.80. The lowest BCUT2D eigenvalue weighted by Gasteiger charge is -2.06. The van der Waals surface area contributed by atoms with Crippen LogP contribution in [0.3, 0.4) is 0 Å². The Bertz CT molecular complexity index is 430. The zero-order valence-electron chi connectivity index (χ0n) is 15.4. The smallest absolute Gasteiger partial charge is 0.188 e. The Labute approximate surface area is 169 Å². The van der Waals surface area contributed by atoms with Gasteiger partial charge in [0.15, 0.2) is 5.96 Å². The third-order valence-electron chi connectivity index (χ3n) is 3.55. The molecule has 1 aromatic carbocycles. The van der Waals surface area contributed by atoms with Crippen molar-refractivity contribution in [2.45, 2.75) is 45.6 Å². The summed E-state index contributed by atoms with van der Waals surface area (Å²) in [5.41, 5.74) is 6.99. The van der Waals surface area contributed by atoms with E-state index in [-0.39, 0.29) is 24.0 Å². The van der Waals surface area contributed by atoms with E-state index in [1.54, 1.807) is 0 Å². The molecule has 0 aromatic heterocycles. The van der Waals surface area contributed by atoms with Crippen molar-refractivity contribution in [2.24, 2.45) is 10.7 Å². The van der Waals surface area contributed by atoms with Crippen molar-refractivity contribution < 1.29 is 9.47 Å². The predicted molar refractivity (Wildman–Crippen MR) is 116 cm³/mol. The number of nitrogens with zero attached hydrogens (tertiary/aromatic N) is 1. The highest BCUT2D eigenvalue weighted by molar-refractivity contribution is 14.0. The average Bonchev–Trinajstić information content (AvgIpc) is 2.61. The summed E-state index contributed by atoms with van der Waals surface area (Å²) in [7, 11) is 0. The summed E-state index contributed by atoms with van der Waals surface area (Å²) in [5.74, 6) is 0.540. The lowest BCUT2D eigenvalue weighted by Crippen LogP contribution is -2.32. The van der Waals surface area contributed by atoms with Gasteiger partial charge < -0.3 is 20.5 Å². The molecule has 0 radical (unpaired) electrons. The van der Waals surface area contributed by atoms with E-state index in [2.05, 4.69) is 29.4 Å². The third-order valence-corrected chi connectivity index (χ3v) is 3.55. The van der Waals surface area contributed by atoms with E-state index in [1.807, 2.05) is 18.2 Å². The molecule has 0 aliphatic rings. The Hall–Kier alpha value is -0.860. The van der Waals surface area contributed by atoms with Crippen LogP contribution < -0.4 is 11.1 Å². The number of halogens is 1. The number of aliphatic imine (C=N–C) groups is 1. The first-order chi connectivity index (χ1) is 11.8. The highest BCUT2D eigenvalue weighted by Crippen LogP contribution is 2.00. The predicted octanol–water partition coefficient (Wildman–Crippen LogP) is 3.71. The molecule has 5 nitrogen and oxygen atoms in total. The van der Waals surface area contributed by atoms with Crippen molar-refractivity contribution in [3.8, 4) is 0 Å². The molecule has 0 spiro atoms. The Morgan fingerprint density at radius 1 is 1.00 bits per heavy atom. The summed E-state index contributed by atoms with van der Waals surface area (Å²) < 4.78 is 11.1. The second kappa shape index (κ2) is 17.9. The van der Waals surface area contributed by atoms with Crippen LogP contribution in [0.2, 0.25) is 0 Å². The molecule has 0 amide bonds. The molecule has 144 valence electrons. The van der Waals surface area contributed by atoms with Crippen LogP contribution in [0, 0.1) is 0 Å². The van der Waals surface area contributed by atoms with Crippen LogP contribution in [-0.2, 0) is 16.1 Å². The summed E-state index contributed by atoms with van der Waals surface area (Å²) in [6, 6.07) is 10.1. The second-order valence-electron chi connectivity index (χ2n) is 5.76. The van der Waals surface area contributed by atoms with Gasteiger partial charge in [0.2, 0.25) is 0 Å². The number of nitrogens with two attached hydrogens (primary N) is 1. The summed E-state index contributed by atoms with van der Waals surface area (Å²) in [6.45, 7) is 6.35. The molecule has 0 aliphatic carbocycles. The maximum atomic E-state index is 5.80. The number of ether oxygens (including phenoxy) is 2. The van der Waals surface area contributed by atoms with E-state index in [1.165, 1.54) is 24.8 Å². The van der Waals surface area contributed by atoms with Crippen LogP contribution in [0.25, 0.3) is 0 Å². The number of hydrogen-bond donors (Lipinski definition) is 2. The molecule has 3 N–H and O–H groups in total. The van der Waals surface area contributed by atoms with Crippen molar-refractivity contribution in [1.29, 1.82) is 0 Å². The van der Waals surface area contributed by atoms with Crippen LogP contribution in [-0.4, -0.2) is 38.9 Å². The number of benzene rings is 1. The molecular weight excluding hydrogens is 429 g/mol. The molecule has 1 aromatic rings. The van der Waals surface area contributed by atoms with Gasteiger partial charge in [0.05, 0.1) is 19.8 Å². The molecule has 0 atom stereocenters. The summed E-state index contributed by atoms with van der Waals surface area (Å²) in [5, 5.41) is 3.14. The maximum Gasteiger partial charge on any atom is 0.188 e. The molecule has 1 rings (SSSR count). The Morgan fingerprint density at radius 2 is 1.76 bits per heavy atom. The van der Waals surface area contributed by atoms with E-state index >= 15 is 0 Å². The first-order valence-electron chi connectivity index (χ1n) is 9.06. The minimum atomic E-state index is 0. The van der Waals surface area contributed by atoms with Gasteiger partial charge >= 0.3 is 0 Å². The third kappa shape index (κ3) is 15.1. The van der Waals surface area contributed by atoms with Gasteiger partial charge in [-0.3, -0.25) is 4.99 Å². The fourth-order valence-corrected chi connectivity index (χ4v) is 2.17. The number of guanidine groups is 1. The van der Waals surface area contributed by atoms with Gasteiger partial charge in [0.25, 0.3) is 0 Å². The van der Waals surface area contributed by atoms with Gasteiger partial charge in [-0.2, -0.15) is 0 Å². The first kappa shape index (κ1) is 24.1. The van der Waals surface area contributed by atoms with E-state index in [9.17, 15) is 0 Å². The standard InChI is InChI=1S/C19H33N3O2.HI/c1-2-3-4-8-12-21-19(20)22-13-9-14-23-15-16-24-17-18-10-6-5-7-11-18;/h5-7,10-11H,2-4,8-9,12-17H2,1H3,(H3,20,21,22);1H. The zero-order chi connectivity index (χ0) is 17.3. The van der Waals surface area contributed by atoms with Crippen LogP contribution in [0.15, 0.2) is 35.3 Å². The number of nitrogens with one attached hydrogen (secondary N) is 1. The highest BCUT2D eigenvalue weighted by Gasteiger charge is 1.94. The van der Waals surface area contributed by atoms with Gasteiger partial charge in [-0.1, -0.05) is 56.5 Å². The Balaban J connectivity index is 0.00000576. The number of unbranched alkanes of at least 4 members (excludes halogenated alkanes) is 3. The Morgan fingerprint density at radius 3 is 2.52 bits per heavy atom. The molecule has 0 heterocycles. The summed E-state index contributed by atoms with van der Waals surface area (Å²) in [4.78, 5) is 4.29. The molecule has 0 saturated carbocycles. The van der Waals surface area contributed by atoms with Gasteiger partial charge in [-0.15, -0.1) is 24.0 Å². The summed E-state index contributed by atoms with van der Waals surface area (Å²) >= 11 is 0. The van der Waals surface area contributed by atoms with Gasteiger partial charge in [0, 0.05) is 19.7 Å². The minimum Gasteiger partial charge on any atom is -0.379 e. The largest absolute Gasteiger partial charge is 0.379 e. The van der Waals surface area contributed by atoms with E-state index < -0.39 is 0 Å². The van der Waals surface area contributed by atoms with E-state index in [4.69, 9.17) is 15.2 Å². The quantitative estimate of drug-likeness (QED) is 0.191. The Kier molecular flexibility index (Phi) is 17.3. The molecule has 0 unspecified atom stereocenters. The fourth-order valence-electron chi connectivity index (χ4n) is 2.17. The second-order valence-corrected chi connectivity index (χ2v) is 5.76. The van der Waals surface area contributed by atoms with Gasteiger partial charge in [-0.25, -0.2) is 0 Å². The van der Waals surface area contributed by atoms with Crippen LogP contribution in [0.1, 0.15) is 44.6 Å². The number of hydrogen-bond acceptors (Lipinski definition) is 3. The fraction of sp³-hybridized carbons (Fsp3) is 0.632. The van der Waals surface area contributed by atoms with Crippen LogP contribution in [0.5, 0.6) is 0 Å². The molecule has 0 saturated heterocycles. The lowest BCUT2D eigenvalue weighted by molar-refractivity contribution is 0.0403. The van der Waals surface area contributed by atoms with Crippen LogP contribution >= 0.6 is 24.0 Å². The van der Waals surface area contributed by atoms with Crippen molar-refractivity contribution in [1.82, 2.24) is 5.32 Å². The van der Waals surface area contributed by atoms with Gasteiger partial charge in [-0.05, 0) is 18.4 Å². The molecule has 0 fully saturated rings. The van der Waals surface area contributed by atoms with Crippen molar-refractivity contribution >= 4 is 29.9 Å². The average molecular weight is 463 g/mol. The normalized spacial score (nSPS) is 11.2. The molecule has 6 heteroatoms. The molecule has 25 heavy (non-hydrogen) atoms. The monoisotopic (exact) mass is 463 g/mol. The van der Waals surface area contributed by atoms with Crippen molar-refractivity contribution in [3.63, 3.8) is 0 Å². The van der Waals surface area contributed by atoms with Crippen molar-refractivity contribution in [3.05, 3.63) is 35.9 Å². The van der Waals surface area contributed by atoms with Crippen LogP contribution in [0.4, 0.5) is 0 Å². The molecular formula is C19H34IN3O2. The summed E-state index contributed by atoms with van der Waals surface area (Å²) in [6.07, 6.45) is 5.80. The van der Waals surface area contributed by atoms with E-state index in [0.717, 1.165) is 19.4 Å². The van der Waals surface area contributed by atoms with Crippen molar-refractivity contribution in [2.75, 3.05) is 32.9 Å². The SMILES string of the molecule is CCCCCCNC(N)=NCCCOCCOCc1ccccc1.I.